The van der Waals surface area contributed by atoms with Crippen LogP contribution in [0.4, 0.5) is 13.2 Å². The van der Waals surface area contributed by atoms with Crippen molar-refractivity contribution in [3.63, 3.8) is 0 Å². The zero-order chi connectivity index (χ0) is 28.7. The van der Waals surface area contributed by atoms with Gasteiger partial charge in [0.25, 0.3) is 0 Å². The maximum Gasteiger partial charge on any atom is 0.416 e. The maximum absolute atomic E-state index is 13.2. The molecule has 0 radical (unpaired) electrons. The van der Waals surface area contributed by atoms with Gasteiger partial charge in [0.15, 0.2) is 0 Å². The minimum atomic E-state index is -4.40. The summed E-state index contributed by atoms with van der Waals surface area (Å²) >= 11 is 1.07. The number of halogens is 3. The fourth-order valence-electron chi connectivity index (χ4n) is 5.21. The maximum atomic E-state index is 13.2. The summed E-state index contributed by atoms with van der Waals surface area (Å²) < 4.78 is 50.9. The Morgan fingerprint density at radius 1 is 0.548 bits per heavy atom. The molecule has 0 atom stereocenters. The van der Waals surface area contributed by atoms with Gasteiger partial charge in [-0.15, -0.1) is 0 Å². The fraction of sp³-hybridized carbons (Fsp3) is 0.0294. The van der Waals surface area contributed by atoms with Crippen molar-refractivity contribution in [3.05, 3.63) is 133 Å². The second-order valence-electron chi connectivity index (χ2n) is 9.73. The molecule has 2 heterocycles. The lowest BCUT2D eigenvalue weighted by atomic mass is 10.00. The van der Waals surface area contributed by atoms with E-state index < -0.39 is 11.7 Å². The van der Waals surface area contributed by atoms with Gasteiger partial charge < -0.3 is 0 Å². The van der Waals surface area contributed by atoms with Gasteiger partial charge in [0.2, 0.25) is 0 Å². The Morgan fingerprint density at radius 2 is 1.10 bits per heavy atom. The molecule has 0 saturated heterocycles. The van der Waals surface area contributed by atoms with Gasteiger partial charge in [-0.3, -0.25) is 4.57 Å². The number of imidazole rings is 1. The van der Waals surface area contributed by atoms with E-state index in [1.165, 1.54) is 12.1 Å². The molecule has 4 nitrogen and oxygen atoms in total. The van der Waals surface area contributed by atoms with Crippen molar-refractivity contribution in [1.29, 1.82) is 0 Å². The van der Waals surface area contributed by atoms with Crippen molar-refractivity contribution in [3.8, 4) is 50.7 Å². The van der Waals surface area contributed by atoms with E-state index in [-0.39, 0.29) is 0 Å². The standard InChI is InChI=1S/C34H21F3N4S/c35-34(36,37)25-18-16-22(17-19-25)27-20-21-28(31-30(27)39-42-40-31)33-38-29(23-10-4-1-5-11-23)32(24-12-6-2-7-13-24)41(33)26-14-8-3-9-15-26/h1-21H. The molecule has 0 unspecified atom stereocenters. The molecule has 0 saturated carbocycles. The highest BCUT2D eigenvalue weighted by molar-refractivity contribution is 7.00. The number of aromatic nitrogens is 4. The van der Waals surface area contributed by atoms with Gasteiger partial charge in [0.1, 0.15) is 16.9 Å². The van der Waals surface area contributed by atoms with Crippen LogP contribution in [0.1, 0.15) is 5.56 Å². The summed E-state index contributed by atoms with van der Waals surface area (Å²) in [5.41, 5.74) is 7.35. The Morgan fingerprint density at radius 3 is 1.71 bits per heavy atom. The first kappa shape index (κ1) is 25.9. The number of hydrogen-bond acceptors (Lipinski definition) is 4. The van der Waals surface area contributed by atoms with Crippen LogP contribution in [0.2, 0.25) is 0 Å². The smallest absolute Gasteiger partial charge is 0.292 e. The molecule has 0 spiro atoms. The van der Waals surface area contributed by atoms with E-state index >= 15 is 0 Å². The molecule has 0 aliphatic carbocycles. The van der Waals surface area contributed by atoms with E-state index in [4.69, 9.17) is 4.98 Å². The molecule has 42 heavy (non-hydrogen) atoms. The molecule has 0 fully saturated rings. The van der Waals surface area contributed by atoms with Crippen molar-refractivity contribution in [2.24, 2.45) is 0 Å². The molecule has 5 aromatic carbocycles. The van der Waals surface area contributed by atoms with Crippen molar-refractivity contribution in [2.75, 3.05) is 0 Å². The number of para-hydroxylation sites is 1. The Balaban J connectivity index is 1.49. The SMILES string of the molecule is FC(F)(F)c1ccc(-c2ccc(-c3nc(-c4ccccc4)c(-c4ccccc4)n3-c3ccccc3)c3nsnc23)cc1. The van der Waals surface area contributed by atoms with Gasteiger partial charge in [-0.05, 0) is 35.9 Å². The highest BCUT2D eigenvalue weighted by atomic mass is 32.1. The summed E-state index contributed by atoms with van der Waals surface area (Å²) in [5.74, 6) is 0.690. The lowest BCUT2D eigenvalue weighted by molar-refractivity contribution is -0.137. The first-order chi connectivity index (χ1) is 20.5. The lowest BCUT2D eigenvalue weighted by Gasteiger charge is -2.14. The predicted octanol–water partition coefficient (Wildman–Crippen LogP) is 9.56. The third-order valence-corrected chi connectivity index (χ3v) is 7.69. The number of nitrogens with zero attached hydrogens (tertiary/aromatic N) is 4. The molecule has 0 N–H and O–H groups in total. The third-order valence-electron chi connectivity index (χ3n) is 7.17. The van der Waals surface area contributed by atoms with Crippen LogP contribution in [0.15, 0.2) is 127 Å². The summed E-state index contributed by atoms with van der Waals surface area (Å²) in [6.45, 7) is 0. The highest BCUT2D eigenvalue weighted by Crippen LogP contribution is 2.42. The largest absolute Gasteiger partial charge is 0.416 e. The minimum Gasteiger partial charge on any atom is -0.292 e. The molecule has 0 aliphatic rings. The van der Waals surface area contributed by atoms with Crippen molar-refractivity contribution in [2.45, 2.75) is 6.18 Å². The average molecular weight is 575 g/mol. The Kier molecular flexibility index (Phi) is 6.40. The normalized spacial score (nSPS) is 11.7. The summed E-state index contributed by atoms with van der Waals surface area (Å²) in [4.78, 5) is 5.25. The number of alkyl halides is 3. The molecule has 8 heteroatoms. The van der Waals surface area contributed by atoms with E-state index in [2.05, 4.69) is 25.4 Å². The summed E-state index contributed by atoms with van der Waals surface area (Å²) in [5, 5.41) is 0. The van der Waals surface area contributed by atoms with E-state index in [1.807, 2.05) is 91.0 Å². The second kappa shape index (κ2) is 10.4. The zero-order valence-electron chi connectivity index (χ0n) is 22.0. The molecule has 204 valence electrons. The first-order valence-electron chi connectivity index (χ1n) is 13.2. The van der Waals surface area contributed by atoms with E-state index in [0.717, 1.165) is 57.6 Å². The van der Waals surface area contributed by atoms with Gasteiger partial charge in [0, 0.05) is 27.9 Å². The van der Waals surface area contributed by atoms with E-state index in [0.29, 0.717) is 28.0 Å². The van der Waals surface area contributed by atoms with Crippen LogP contribution < -0.4 is 0 Å². The molecule has 0 aliphatic heterocycles. The minimum absolute atomic E-state index is 0.613. The van der Waals surface area contributed by atoms with Crippen LogP contribution in [0, 0.1) is 0 Å². The Labute approximate surface area is 243 Å². The van der Waals surface area contributed by atoms with Crippen LogP contribution in [0.25, 0.3) is 61.8 Å². The summed E-state index contributed by atoms with van der Waals surface area (Å²) in [7, 11) is 0. The molecular weight excluding hydrogens is 553 g/mol. The summed E-state index contributed by atoms with van der Waals surface area (Å²) in [6.07, 6.45) is -4.40. The number of rotatable bonds is 5. The van der Waals surface area contributed by atoms with Gasteiger partial charge in [-0.25, -0.2) is 4.98 Å². The number of hydrogen-bond donors (Lipinski definition) is 0. The molecule has 2 aromatic heterocycles. The molecule has 0 amide bonds. The Bertz CT molecular complexity index is 2000. The number of benzene rings is 5. The first-order valence-corrected chi connectivity index (χ1v) is 13.9. The zero-order valence-corrected chi connectivity index (χ0v) is 22.8. The van der Waals surface area contributed by atoms with E-state index in [9.17, 15) is 13.2 Å². The van der Waals surface area contributed by atoms with Gasteiger partial charge in [0.05, 0.1) is 28.7 Å². The molecule has 7 aromatic rings. The van der Waals surface area contributed by atoms with Crippen LogP contribution in [-0.4, -0.2) is 18.3 Å². The fourth-order valence-corrected chi connectivity index (χ4v) is 5.78. The van der Waals surface area contributed by atoms with Crippen molar-refractivity contribution >= 4 is 22.8 Å². The van der Waals surface area contributed by atoms with Crippen molar-refractivity contribution in [1.82, 2.24) is 18.3 Å². The number of fused-ring (bicyclic) bond motifs is 1. The topological polar surface area (TPSA) is 43.6 Å². The quantitative estimate of drug-likeness (QED) is 0.206. The molecular formula is C34H21F3N4S. The predicted molar refractivity (Wildman–Crippen MR) is 161 cm³/mol. The Hall–Kier alpha value is -5.08. The van der Waals surface area contributed by atoms with E-state index in [1.54, 1.807) is 0 Å². The molecule has 7 rings (SSSR count). The third kappa shape index (κ3) is 4.55. The van der Waals surface area contributed by atoms with Crippen LogP contribution in [-0.2, 0) is 6.18 Å². The van der Waals surface area contributed by atoms with Crippen LogP contribution in [0.5, 0.6) is 0 Å². The van der Waals surface area contributed by atoms with Crippen LogP contribution in [0.3, 0.4) is 0 Å². The average Bonchev–Trinajstić information content (AvgIpc) is 3.68. The lowest BCUT2D eigenvalue weighted by Crippen LogP contribution is -2.04. The monoisotopic (exact) mass is 574 g/mol. The van der Waals surface area contributed by atoms with Gasteiger partial charge >= 0.3 is 6.18 Å². The van der Waals surface area contributed by atoms with Crippen LogP contribution >= 0.6 is 11.7 Å². The van der Waals surface area contributed by atoms with Gasteiger partial charge in [-0.2, -0.15) is 21.9 Å². The summed E-state index contributed by atoms with van der Waals surface area (Å²) in [6, 6.07) is 39.2. The van der Waals surface area contributed by atoms with Gasteiger partial charge in [-0.1, -0.05) is 97.1 Å². The second-order valence-corrected chi connectivity index (χ2v) is 10.3. The highest BCUT2D eigenvalue weighted by Gasteiger charge is 2.30. The van der Waals surface area contributed by atoms with Crippen molar-refractivity contribution < 1.29 is 13.2 Å². The molecule has 0 bridgehead atoms.